The van der Waals surface area contributed by atoms with Crippen molar-refractivity contribution in [2.24, 2.45) is 0 Å². The molecule has 0 unspecified atom stereocenters. The molecule has 0 amide bonds. The van der Waals surface area contributed by atoms with E-state index >= 15 is 4.39 Å². The zero-order valence-corrected chi connectivity index (χ0v) is 36.7. The molecule has 0 saturated heterocycles. The van der Waals surface area contributed by atoms with Crippen LogP contribution in [-0.4, -0.2) is 19.5 Å². The molecule has 366 valence electrons. The Labute approximate surface area is 403 Å². The van der Waals surface area contributed by atoms with Crippen LogP contribution in [0.1, 0.15) is 22.3 Å². The third-order valence-corrected chi connectivity index (χ3v) is 12.1. The van der Waals surface area contributed by atoms with Crippen molar-refractivity contribution in [2.45, 2.75) is 24.7 Å². The fourth-order valence-electron chi connectivity index (χ4n) is 8.75. The molecule has 0 aliphatic rings. The summed E-state index contributed by atoms with van der Waals surface area (Å²) in [7, 11) is 0. The van der Waals surface area contributed by atoms with Crippen LogP contribution in [0.2, 0.25) is 0 Å². The summed E-state index contributed by atoms with van der Waals surface area (Å²) < 4.78 is 203. The predicted octanol–water partition coefficient (Wildman–Crippen LogP) is 17.3. The van der Waals surface area contributed by atoms with Gasteiger partial charge < -0.3 is 4.57 Å². The third kappa shape index (κ3) is 9.24. The predicted molar refractivity (Wildman–Crippen MR) is 247 cm³/mol. The fourth-order valence-corrected chi connectivity index (χ4v) is 8.75. The van der Waals surface area contributed by atoms with Gasteiger partial charge in [0.05, 0.1) is 39.0 Å². The van der Waals surface area contributed by atoms with E-state index in [9.17, 15) is 57.1 Å². The summed E-state index contributed by atoms with van der Waals surface area (Å²) in [6.07, 6.45) is -21.0. The maximum absolute atomic E-state index is 15.8. The Morgan fingerprint density at radius 3 is 1.18 bits per heavy atom. The lowest BCUT2D eigenvalue weighted by atomic mass is 9.95. The maximum atomic E-state index is 15.8. The number of aromatic nitrogens is 4. The summed E-state index contributed by atoms with van der Waals surface area (Å²) in [5, 5.41) is 0.452. The number of benzene rings is 8. The quantitative estimate of drug-likeness (QED) is 0.149. The molecule has 0 fully saturated rings. The highest BCUT2D eigenvalue weighted by molar-refractivity contribution is 6.12. The summed E-state index contributed by atoms with van der Waals surface area (Å²) in [5.74, 6) is -1.69. The average molecular weight is 1010 g/mol. The molecular weight excluding hydrogens is 983 g/mol. The molecule has 0 radical (unpaired) electrons. The highest BCUT2D eigenvalue weighted by atomic mass is 19.4. The lowest BCUT2D eigenvalue weighted by molar-refractivity contribution is -0.144. The molecule has 73 heavy (non-hydrogen) atoms. The van der Waals surface area contributed by atoms with E-state index in [1.807, 2.05) is 0 Å². The monoisotopic (exact) mass is 1010 g/mol. The van der Waals surface area contributed by atoms with Crippen LogP contribution >= 0.6 is 0 Å². The first kappa shape index (κ1) is 48.2. The molecule has 0 aliphatic heterocycles. The summed E-state index contributed by atoms with van der Waals surface area (Å²) in [4.78, 5) is 14.4. The third-order valence-electron chi connectivity index (χ3n) is 12.1. The van der Waals surface area contributed by atoms with Crippen molar-refractivity contribution < 1.29 is 61.5 Å². The van der Waals surface area contributed by atoms with Crippen LogP contribution in [0.5, 0.6) is 0 Å². The van der Waals surface area contributed by atoms with Gasteiger partial charge in [0.15, 0.2) is 17.5 Å². The Balaban J connectivity index is 1.34. The van der Waals surface area contributed by atoms with Crippen LogP contribution in [0.15, 0.2) is 170 Å². The largest absolute Gasteiger partial charge is 0.417 e. The highest BCUT2D eigenvalue weighted by Crippen LogP contribution is 2.47. The Morgan fingerprint density at radius 2 is 0.740 bits per heavy atom. The smallest absolute Gasteiger partial charge is 0.308 e. The molecule has 10 aromatic rings. The van der Waals surface area contributed by atoms with Gasteiger partial charge in [-0.3, -0.25) is 0 Å². The molecule has 18 heteroatoms. The lowest BCUT2D eigenvalue weighted by Gasteiger charge is -2.19. The number of hydrogen-bond donors (Lipinski definition) is 0. The first-order valence-electron chi connectivity index (χ1n) is 21.7. The molecule has 0 N–H and O–H groups in total. The SMILES string of the molecule is Fc1ccc(-c2ccc(-c3nc(-c4ccccc4)nc(-c4ccccc4)n3)c(-n3c4cc(-c5ccc(C(F)(F)F)cc5C(F)(F)F)ccc4c4ccc(-c5ccc(C(F)(F)F)cc5C(F)(F)F)cc43)c2)c(F)c1. The van der Waals surface area contributed by atoms with E-state index in [1.165, 1.54) is 59.2 Å². The minimum absolute atomic E-state index is 0.000244. The summed E-state index contributed by atoms with van der Waals surface area (Å²) in [6, 6.07) is 34.2. The molecule has 2 aromatic heterocycles. The van der Waals surface area contributed by atoms with Gasteiger partial charge in [0.1, 0.15) is 11.6 Å². The molecule has 0 aliphatic carbocycles. The summed E-state index contributed by atoms with van der Waals surface area (Å²) in [6.45, 7) is 0. The minimum Gasteiger partial charge on any atom is -0.308 e. The van der Waals surface area contributed by atoms with Gasteiger partial charge in [0.25, 0.3) is 0 Å². The molecule has 0 saturated carbocycles. The van der Waals surface area contributed by atoms with Gasteiger partial charge in [-0.2, -0.15) is 52.7 Å². The summed E-state index contributed by atoms with van der Waals surface area (Å²) in [5.41, 5.74) is -7.27. The van der Waals surface area contributed by atoms with E-state index in [4.69, 9.17) is 15.0 Å². The van der Waals surface area contributed by atoms with Crippen LogP contribution in [0.25, 0.3) is 95.0 Å². The number of fused-ring (bicyclic) bond motifs is 3. The second-order valence-corrected chi connectivity index (χ2v) is 16.7. The first-order chi connectivity index (χ1) is 34.5. The number of rotatable bonds is 7. The Kier molecular flexibility index (Phi) is 11.7. The van der Waals surface area contributed by atoms with Gasteiger partial charge in [0.2, 0.25) is 0 Å². The normalized spacial score (nSPS) is 12.5. The summed E-state index contributed by atoms with van der Waals surface area (Å²) >= 11 is 0. The standard InChI is InChI=1S/C55H28F14N4/c56-36-16-22-39(45(57)28-36)33-13-19-42(51-71-49(29-7-3-1-4-8-29)70-50(72-51)30-9-5-2-6-10-30)48(25-33)73-46-23-31(37-20-14-34(52(58,59)60)26-43(37)54(64,65)66)11-17-40(46)41-18-12-32(24-47(41)73)38-21-15-35(53(61,62)63)27-44(38)55(67,68)69/h1-28H. The van der Waals surface area contributed by atoms with Gasteiger partial charge in [-0.1, -0.05) is 103 Å². The van der Waals surface area contributed by atoms with E-state index in [0.717, 1.165) is 12.1 Å². The molecule has 8 aromatic carbocycles. The number of nitrogens with zero attached hydrogens (tertiary/aromatic N) is 4. The molecular formula is C55H28F14N4. The van der Waals surface area contributed by atoms with Gasteiger partial charge in [-0.05, 0) is 88.5 Å². The van der Waals surface area contributed by atoms with Crippen LogP contribution in [0.4, 0.5) is 61.5 Å². The van der Waals surface area contributed by atoms with Crippen LogP contribution in [0.3, 0.4) is 0 Å². The van der Waals surface area contributed by atoms with Crippen molar-refractivity contribution in [2.75, 3.05) is 0 Å². The van der Waals surface area contributed by atoms with Crippen molar-refractivity contribution >= 4 is 21.8 Å². The molecule has 10 rings (SSSR count). The van der Waals surface area contributed by atoms with Crippen molar-refractivity contribution in [3.05, 3.63) is 204 Å². The van der Waals surface area contributed by atoms with Crippen LogP contribution in [-0.2, 0) is 24.7 Å². The Hall–Kier alpha value is -8.41. The van der Waals surface area contributed by atoms with Crippen molar-refractivity contribution in [1.29, 1.82) is 0 Å². The van der Waals surface area contributed by atoms with Crippen molar-refractivity contribution in [3.8, 4) is 73.2 Å². The highest BCUT2D eigenvalue weighted by Gasteiger charge is 2.40. The second kappa shape index (κ2) is 17.7. The number of hydrogen-bond acceptors (Lipinski definition) is 3. The van der Waals surface area contributed by atoms with Gasteiger partial charge in [-0.25, -0.2) is 23.7 Å². The van der Waals surface area contributed by atoms with E-state index in [2.05, 4.69) is 0 Å². The molecule has 0 bridgehead atoms. The van der Waals surface area contributed by atoms with E-state index in [1.54, 1.807) is 60.7 Å². The molecule has 2 heterocycles. The lowest BCUT2D eigenvalue weighted by Crippen LogP contribution is -2.12. The Morgan fingerprint density at radius 1 is 0.329 bits per heavy atom. The van der Waals surface area contributed by atoms with Gasteiger partial charge >= 0.3 is 24.7 Å². The number of alkyl halides is 12. The van der Waals surface area contributed by atoms with Crippen molar-refractivity contribution in [1.82, 2.24) is 19.5 Å². The van der Waals surface area contributed by atoms with E-state index < -0.39 is 69.7 Å². The topological polar surface area (TPSA) is 43.6 Å². The fraction of sp³-hybridized carbons (Fsp3) is 0.0727. The van der Waals surface area contributed by atoms with Crippen LogP contribution in [0, 0.1) is 11.6 Å². The average Bonchev–Trinajstić information content (AvgIpc) is 3.68. The van der Waals surface area contributed by atoms with Gasteiger partial charge in [-0.15, -0.1) is 0 Å². The van der Waals surface area contributed by atoms with Crippen molar-refractivity contribution in [3.63, 3.8) is 0 Å². The Bertz CT molecular complexity index is 3570. The number of halogens is 14. The van der Waals surface area contributed by atoms with E-state index in [0.29, 0.717) is 41.5 Å². The van der Waals surface area contributed by atoms with Gasteiger partial charge in [0, 0.05) is 39.1 Å². The maximum Gasteiger partial charge on any atom is 0.417 e. The zero-order chi connectivity index (χ0) is 51.8. The first-order valence-corrected chi connectivity index (χ1v) is 21.7. The molecule has 0 spiro atoms. The second-order valence-electron chi connectivity index (χ2n) is 16.7. The molecule has 0 atom stereocenters. The minimum atomic E-state index is -5.32. The molecule has 4 nitrogen and oxygen atoms in total. The van der Waals surface area contributed by atoms with E-state index in [-0.39, 0.29) is 84.9 Å². The zero-order valence-electron chi connectivity index (χ0n) is 36.7. The van der Waals surface area contributed by atoms with Crippen LogP contribution < -0.4 is 0 Å².